The SMILES string of the molecule is O=C(Cn1cncn1)N(Cc1ccc2c(c1)OCO2)c1ccccc1. The van der Waals surface area contributed by atoms with Gasteiger partial charge in [-0.2, -0.15) is 5.10 Å². The predicted molar refractivity (Wildman–Crippen MR) is 90.2 cm³/mol. The summed E-state index contributed by atoms with van der Waals surface area (Å²) < 4.78 is 12.3. The highest BCUT2D eigenvalue weighted by Gasteiger charge is 2.19. The number of anilines is 1. The van der Waals surface area contributed by atoms with Crippen molar-refractivity contribution in [1.29, 1.82) is 0 Å². The summed E-state index contributed by atoms with van der Waals surface area (Å²) in [6.45, 7) is 0.778. The van der Waals surface area contributed by atoms with Crippen LogP contribution in [0.25, 0.3) is 0 Å². The third-order valence-corrected chi connectivity index (χ3v) is 3.91. The molecule has 2 aromatic carbocycles. The maximum atomic E-state index is 12.8. The molecule has 25 heavy (non-hydrogen) atoms. The molecular formula is C18H16N4O3. The van der Waals surface area contributed by atoms with E-state index in [9.17, 15) is 4.79 Å². The van der Waals surface area contributed by atoms with Crippen molar-refractivity contribution in [2.24, 2.45) is 0 Å². The summed E-state index contributed by atoms with van der Waals surface area (Å²) in [7, 11) is 0. The smallest absolute Gasteiger partial charge is 0.249 e. The van der Waals surface area contributed by atoms with Gasteiger partial charge in [-0.1, -0.05) is 24.3 Å². The van der Waals surface area contributed by atoms with Crippen LogP contribution in [0.5, 0.6) is 11.5 Å². The number of amides is 1. The van der Waals surface area contributed by atoms with Crippen molar-refractivity contribution in [2.45, 2.75) is 13.1 Å². The van der Waals surface area contributed by atoms with Gasteiger partial charge in [0.1, 0.15) is 19.2 Å². The zero-order valence-corrected chi connectivity index (χ0v) is 13.4. The van der Waals surface area contributed by atoms with Crippen LogP contribution < -0.4 is 14.4 Å². The van der Waals surface area contributed by atoms with E-state index in [2.05, 4.69) is 10.1 Å². The van der Waals surface area contributed by atoms with E-state index in [1.807, 2.05) is 48.5 Å². The Balaban J connectivity index is 1.60. The number of hydrogen-bond donors (Lipinski definition) is 0. The van der Waals surface area contributed by atoms with Gasteiger partial charge in [-0.3, -0.25) is 4.79 Å². The molecule has 0 spiro atoms. The molecule has 0 radical (unpaired) electrons. The minimum atomic E-state index is -0.0747. The Morgan fingerprint density at radius 2 is 1.96 bits per heavy atom. The third kappa shape index (κ3) is 3.30. The van der Waals surface area contributed by atoms with Crippen molar-refractivity contribution < 1.29 is 14.3 Å². The average Bonchev–Trinajstić information content (AvgIpc) is 3.31. The van der Waals surface area contributed by atoms with Gasteiger partial charge >= 0.3 is 0 Å². The quantitative estimate of drug-likeness (QED) is 0.715. The summed E-state index contributed by atoms with van der Waals surface area (Å²) >= 11 is 0. The first-order chi connectivity index (χ1) is 12.3. The number of rotatable bonds is 5. The number of ether oxygens (including phenoxy) is 2. The van der Waals surface area contributed by atoms with Crippen molar-refractivity contribution in [1.82, 2.24) is 14.8 Å². The van der Waals surface area contributed by atoms with E-state index in [4.69, 9.17) is 9.47 Å². The lowest BCUT2D eigenvalue weighted by molar-refractivity contribution is -0.119. The van der Waals surface area contributed by atoms with E-state index in [1.165, 1.54) is 17.3 Å². The third-order valence-electron chi connectivity index (χ3n) is 3.91. The minimum absolute atomic E-state index is 0.0747. The second-order valence-electron chi connectivity index (χ2n) is 5.60. The van der Waals surface area contributed by atoms with Crippen molar-refractivity contribution >= 4 is 11.6 Å². The Labute approximate surface area is 144 Å². The lowest BCUT2D eigenvalue weighted by Crippen LogP contribution is -2.33. The van der Waals surface area contributed by atoms with Gasteiger partial charge in [0.05, 0.1) is 6.54 Å². The summed E-state index contributed by atoms with van der Waals surface area (Å²) in [6, 6.07) is 15.3. The number of aromatic nitrogens is 3. The van der Waals surface area contributed by atoms with Gasteiger partial charge in [0, 0.05) is 5.69 Å². The fourth-order valence-corrected chi connectivity index (χ4v) is 2.69. The fraction of sp³-hybridized carbons (Fsp3) is 0.167. The monoisotopic (exact) mass is 336 g/mol. The second-order valence-corrected chi connectivity index (χ2v) is 5.60. The number of para-hydroxylation sites is 1. The largest absolute Gasteiger partial charge is 0.454 e. The van der Waals surface area contributed by atoms with Crippen LogP contribution in [0, 0.1) is 0 Å². The molecule has 0 bridgehead atoms. The van der Waals surface area contributed by atoms with Crippen molar-refractivity contribution in [2.75, 3.05) is 11.7 Å². The number of nitrogens with zero attached hydrogens (tertiary/aromatic N) is 4. The molecule has 1 aliphatic rings. The van der Waals surface area contributed by atoms with Gasteiger partial charge in [0.25, 0.3) is 0 Å². The molecule has 7 heteroatoms. The number of fused-ring (bicyclic) bond motifs is 1. The predicted octanol–water partition coefficient (Wildman–Crippen LogP) is 2.24. The maximum absolute atomic E-state index is 12.8. The van der Waals surface area contributed by atoms with Gasteiger partial charge in [-0.15, -0.1) is 0 Å². The molecular weight excluding hydrogens is 320 g/mol. The highest BCUT2D eigenvalue weighted by Crippen LogP contribution is 2.33. The Hall–Kier alpha value is -3.35. The lowest BCUT2D eigenvalue weighted by atomic mass is 10.1. The Bertz CT molecular complexity index is 865. The first kappa shape index (κ1) is 15.2. The molecule has 0 saturated heterocycles. The van der Waals surface area contributed by atoms with Crippen LogP contribution in [0.1, 0.15) is 5.56 Å². The van der Waals surface area contributed by atoms with Gasteiger partial charge in [-0.05, 0) is 29.8 Å². The molecule has 0 fully saturated rings. The van der Waals surface area contributed by atoms with Gasteiger partial charge in [-0.25, -0.2) is 9.67 Å². The normalized spacial score (nSPS) is 12.2. The number of carbonyl (C=O) groups excluding carboxylic acids is 1. The molecule has 0 saturated carbocycles. The first-order valence-electron chi connectivity index (χ1n) is 7.86. The highest BCUT2D eigenvalue weighted by atomic mass is 16.7. The van der Waals surface area contributed by atoms with E-state index in [0.29, 0.717) is 12.3 Å². The first-order valence-corrected chi connectivity index (χ1v) is 7.86. The Kier molecular flexibility index (Phi) is 4.04. The molecule has 4 rings (SSSR count). The summed E-state index contributed by atoms with van der Waals surface area (Å²) in [5.41, 5.74) is 1.78. The van der Waals surface area contributed by atoms with Crippen molar-refractivity contribution in [3.63, 3.8) is 0 Å². The van der Waals surface area contributed by atoms with E-state index in [-0.39, 0.29) is 19.2 Å². The van der Waals surface area contributed by atoms with Gasteiger partial charge in [0.2, 0.25) is 12.7 Å². The second kappa shape index (κ2) is 6.64. The number of benzene rings is 2. The molecule has 3 aromatic rings. The number of hydrogen-bond acceptors (Lipinski definition) is 5. The van der Waals surface area contributed by atoms with Crippen LogP contribution in [-0.2, 0) is 17.9 Å². The van der Waals surface area contributed by atoms with E-state index < -0.39 is 0 Å². The topological polar surface area (TPSA) is 69.5 Å². The molecule has 7 nitrogen and oxygen atoms in total. The van der Waals surface area contributed by atoms with E-state index in [1.54, 1.807) is 4.90 Å². The molecule has 0 atom stereocenters. The molecule has 0 N–H and O–H groups in total. The minimum Gasteiger partial charge on any atom is -0.454 e. The maximum Gasteiger partial charge on any atom is 0.249 e. The Morgan fingerprint density at radius 1 is 1.12 bits per heavy atom. The summed E-state index contributed by atoms with van der Waals surface area (Å²) in [6.07, 6.45) is 2.94. The number of carbonyl (C=O) groups is 1. The molecule has 1 amide bonds. The van der Waals surface area contributed by atoms with Gasteiger partial charge in [0.15, 0.2) is 11.5 Å². The Morgan fingerprint density at radius 3 is 2.76 bits per heavy atom. The molecule has 1 aliphatic heterocycles. The van der Waals surface area contributed by atoms with Crippen molar-refractivity contribution in [3.05, 3.63) is 66.7 Å². The van der Waals surface area contributed by atoms with Crippen LogP contribution in [-0.4, -0.2) is 27.5 Å². The molecule has 1 aromatic heterocycles. The lowest BCUT2D eigenvalue weighted by Gasteiger charge is -2.23. The zero-order chi connectivity index (χ0) is 17.1. The van der Waals surface area contributed by atoms with E-state index >= 15 is 0 Å². The van der Waals surface area contributed by atoms with E-state index in [0.717, 1.165) is 17.0 Å². The molecule has 2 heterocycles. The summed E-state index contributed by atoms with van der Waals surface area (Å²) in [5.74, 6) is 1.35. The summed E-state index contributed by atoms with van der Waals surface area (Å²) in [5, 5.41) is 4.01. The van der Waals surface area contributed by atoms with Crippen LogP contribution in [0.2, 0.25) is 0 Å². The molecule has 0 unspecified atom stereocenters. The molecule has 126 valence electrons. The average molecular weight is 336 g/mol. The van der Waals surface area contributed by atoms with Crippen LogP contribution in [0.3, 0.4) is 0 Å². The van der Waals surface area contributed by atoms with Crippen LogP contribution in [0.4, 0.5) is 5.69 Å². The summed E-state index contributed by atoms with van der Waals surface area (Å²) in [4.78, 5) is 18.4. The fourth-order valence-electron chi connectivity index (χ4n) is 2.69. The standard InChI is InChI=1S/C18H16N4O3/c23-18(10-21-12-19-11-20-21)22(15-4-2-1-3-5-15)9-14-6-7-16-17(8-14)25-13-24-16/h1-8,11-12H,9-10,13H2. The highest BCUT2D eigenvalue weighted by molar-refractivity contribution is 5.93. The van der Waals surface area contributed by atoms with Crippen LogP contribution >= 0.6 is 0 Å². The van der Waals surface area contributed by atoms with Crippen LogP contribution in [0.15, 0.2) is 61.2 Å². The zero-order valence-electron chi connectivity index (χ0n) is 13.4. The molecule has 0 aliphatic carbocycles. The van der Waals surface area contributed by atoms with Crippen molar-refractivity contribution in [3.8, 4) is 11.5 Å². The van der Waals surface area contributed by atoms with Gasteiger partial charge < -0.3 is 14.4 Å².